The molecular weight excluding hydrogens is 392 g/mol. The average Bonchev–Trinajstić information content (AvgIpc) is 2.74. The molecule has 1 aliphatic rings. The highest BCUT2D eigenvalue weighted by Crippen LogP contribution is 2.30. The third-order valence-corrected chi connectivity index (χ3v) is 5.55. The van der Waals surface area contributed by atoms with Crippen molar-refractivity contribution < 1.29 is 17.6 Å². The smallest absolute Gasteiger partial charge is 0.130 e. The Morgan fingerprint density at radius 2 is 1.13 bits per heavy atom. The van der Waals surface area contributed by atoms with Crippen LogP contribution in [-0.4, -0.2) is 36.0 Å². The van der Waals surface area contributed by atoms with Gasteiger partial charge in [0.1, 0.15) is 23.3 Å². The Morgan fingerprint density at radius 1 is 0.633 bits per heavy atom. The molecule has 1 aliphatic heterocycles. The van der Waals surface area contributed by atoms with E-state index in [1.807, 2.05) is 0 Å². The summed E-state index contributed by atoms with van der Waals surface area (Å²) in [6.45, 7) is 3.24. The summed E-state index contributed by atoms with van der Waals surface area (Å²) >= 11 is 0. The normalized spacial score (nSPS) is 15.6. The summed E-state index contributed by atoms with van der Waals surface area (Å²) in [5, 5.41) is 0. The van der Waals surface area contributed by atoms with Crippen molar-refractivity contribution in [1.29, 1.82) is 0 Å². The molecular formula is C24H22F4N2. The molecule has 3 aromatic rings. The molecule has 6 heteroatoms. The summed E-state index contributed by atoms with van der Waals surface area (Å²) in [7, 11) is 0. The van der Waals surface area contributed by atoms with E-state index in [0.717, 1.165) is 17.2 Å². The van der Waals surface area contributed by atoms with Gasteiger partial charge in [0, 0.05) is 44.4 Å². The molecule has 1 saturated heterocycles. The topological polar surface area (TPSA) is 6.48 Å². The second kappa shape index (κ2) is 8.98. The minimum Gasteiger partial charge on any atom is -0.296 e. The lowest BCUT2D eigenvalue weighted by Gasteiger charge is -2.40. The van der Waals surface area contributed by atoms with E-state index in [1.165, 1.54) is 36.4 Å². The number of benzene rings is 3. The van der Waals surface area contributed by atoms with E-state index in [0.29, 0.717) is 38.3 Å². The molecule has 0 amide bonds. The van der Waals surface area contributed by atoms with Crippen LogP contribution in [0.4, 0.5) is 17.6 Å². The summed E-state index contributed by atoms with van der Waals surface area (Å²) in [5.74, 6) is -1.72. The molecule has 3 aromatic carbocycles. The van der Waals surface area contributed by atoms with Crippen LogP contribution in [0.15, 0.2) is 66.7 Å². The third kappa shape index (κ3) is 4.71. The van der Waals surface area contributed by atoms with Gasteiger partial charge in [0.15, 0.2) is 0 Å². The van der Waals surface area contributed by atoms with Crippen molar-refractivity contribution >= 4 is 0 Å². The number of piperazine rings is 1. The number of rotatable bonds is 5. The van der Waals surface area contributed by atoms with Gasteiger partial charge in [-0.25, -0.2) is 17.6 Å². The maximum atomic E-state index is 14.0. The Hall–Kier alpha value is -2.70. The Balaban J connectivity index is 1.50. The molecule has 0 radical (unpaired) electrons. The molecule has 0 atom stereocenters. The van der Waals surface area contributed by atoms with E-state index in [1.54, 1.807) is 24.3 Å². The van der Waals surface area contributed by atoms with Crippen LogP contribution in [0.25, 0.3) is 0 Å². The first-order valence-electron chi connectivity index (χ1n) is 9.91. The van der Waals surface area contributed by atoms with Gasteiger partial charge >= 0.3 is 0 Å². The van der Waals surface area contributed by atoms with Crippen molar-refractivity contribution in [2.24, 2.45) is 0 Å². The Kier molecular flexibility index (Phi) is 6.16. The molecule has 0 bridgehead atoms. The summed E-state index contributed by atoms with van der Waals surface area (Å²) in [5.41, 5.74) is 2.33. The Labute approximate surface area is 173 Å². The van der Waals surface area contributed by atoms with Gasteiger partial charge in [-0.3, -0.25) is 9.80 Å². The van der Waals surface area contributed by atoms with Crippen LogP contribution >= 0.6 is 0 Å². The van der Waals surface area contributed by atoms with Crippen molar-refractivity contribution in [3.63, 3.8) is 0 Å². The third-order valence-electron chi connectivity index (χ3n) is 5.55. The van der Waals surface area contributed by atoms with Crippen LogP contribution in [0.3, 0.4) is 0 Å². The first kappa shape index (κ1) is 20.6. The fourth-order valence-electron chi connectivity index (χ4n) is 3.97. The maximum absolute atomic E-state index is 14.0. The first-order valence-corrected chi connectivity index (χ1v) is 9.91. The van der Waals surface area contributed by atoms with E-state index in [4.69, 9.17) is 0 Å². The zero-order valence-electron chi connectivity index (χ0n) is 16.4. The second-order valence-electron chi connectivity index (χ2n) is 7.55. The summed E-state index contributed by atoms with van der Waals surface area (Å²) in [6.07, 6.45) is 0. The zero-order valence-corrected chi connectivity index (χ0v) is 16.4. The fourth-order valence-corrected chi connectivity index (χ4v) is 3.97. The number of hydrogen-bond donors (Lipinski definition) is 0. The van der Waals surface area contributed by atoms with Crippen LogP contribution in [0.2, 0.25) is 0 Å². The van der Waals surface area contributed by atoms with Crippen molar-refractivity contribution in [3.05, 3.63) is 107 Å². The first-order chi connectivity index (χ1) is 14.5. The average molecular weight is 414 g/mol. The molecule has 1 fully saturated rings. The lowest BCUT2D eigenvalue weighted by atomic mass is 9.96. The minimum absolute atomic E-state index is 0.129. The Bertz CT molecular complexity index is 936. The van der Waals surface area contributed by atoms with Gasteiger partial charge in [-0.1, -0.05) is 30.3 Å². The standard InChI is InChI=1S/C24H22F4N2/c25-20-6-1-17(2-7-20)24(18-3-8-21(26)9-4-18)30-13-11-29(12-14-30)16-19-5-10-22(27)15-23(19)28/h1-10,15,24H,11-14,16H2. The molecule has 156 valence electrons. The van der Waals surface area contributed by atoms with Crippen molar-refractivity contribution in [3.8, 4) is 0 Å². The fraction of sp³-hybridized carbons (Fsp3) is 0.250. The van der Waals surface area contributed by atoms with E-state index < -0.39 is 11.6 Å². The monoisotopic (exact) mass is 414 g/mol. The summed E-state index contributed by atoms with van der Waals surface area (Å²) < 4.78 is 54.0. The van der Waals surface area contributed by atoms with Gasteiger partial charge in [0.05, 0.1) is 6.04 Å². The molecule has 0 aromatic heterocycles. The number of nitrogens with zero attached hydrogens (tertiary/aromatic N) is 2. The van der Waals surface area contributed by atoms with Crippen LogP contribution in [0.5, 0.6) is 0 Å². The van der Waals surface area contributed by atoms with Crippen LogP contribution in [-0.2, 0) is 6.54 Å². The van der Waals surface area contributed by atoms with E-state index in [-0.39, 0.29) is 17.7 Å². The highest BCUT2D eigenvalue weighted by atomic mass is 19.1. The van der Waals surface area contributed by atoms with Gasteiger partial charge in [0.2, 0.25) is 0 Å². The SMILES string of the molecule is Fc1ccc(C(c2ccc(F)cc2)N2CCN(Cc3ccc(F)cc3F)CC2)cc1. The molecule has 0 saturated carbocycles. The van der Waals surface area contributed by atoms with Crippen molar-refractivity contribution in [2.45, 2.75) is 12.6 Å². The quantitative estimate of drug-likeness (QED) is 0.533. The molecule has 4 rings (SSSR count). The molecule has 0 N–H and O–H groups in total. The predicted octanol–water partition coefficient (Wildman–Crippen LogP) is 5.15. The second-order valence-corrected chi connectivity index (χ2v) is 7.55. The molecule has 2 nitrogen and oxygen atoms in total. The molecule has 0 unspecified atom stereocenters. The molecule has 1 heterocycles. The van der Waals surface area contributed by atoms with E-state index in [9.17, 15) is 17.6 Å². The van der Waals surface area contributed by atoms with Gasteiger partial charge in [-0.05, 0) is 41.5 Å². The maximum Gasteiger partial charge on any atom is 0.130 e. The van der Waals surface area contributed by atoms with E-state index in [2.05, 4.69) is 9.80 Å². The molecule has 30 heavy (non-hydrogen) atoms. The predicted molar refractivity (Wildman–Crippen MR) is 108 cm³/mol. The Morgan fingerprint density at radius 3 is 1.63 bits per heavy atom. The van der Waals surface area contributed by atoms with Crippen LogP contribution in [0.1, 0.15) is 22.7 Å². The van der Waals surface area contributed by atoms with Crippen LogP contribution < -0.4 is 0 Å². The summed E-state index contributed by atoms with van der Waals surface area (Å²) in [4.78, 5) is 4.39. The van der Waals surface area contributed by atoms with Crippen molar-refractivity contribution in [2.75, 3.05) is 26.2 Å². The van der Waals surface area contributed by atoms with Gasteiger partial charge in [-0.15, -0.1) is 0 Å². The van der Waals surface area contributed by atoms with Gasteiger partial charge in [-0.2, -0.15) is 0 Å². The van der Waals surface area contributed by atoms with Gasteiger partial charge < -0.3 is 0 Å². The zero-order chi connectivity index (χ0) is 21.1. The lowest BCUT2D eigenvalue weighted by Crippen LogP contribution is -2.47. The highest BCUT2D eigenvalue weighted by Gasteiger charge is 2.27. The minimum atomic E-state index is -0.581. The molecule has 0 spiro atoms. The number of halogens is 4. The molecule has 0 aliphatic carbocycles. The van der Waals surface area contributed by atoms with E-state index >= 15 is 0 Å². The van der Waals surface area contributed by atoms with Gasteiger partial charge in [0.25, 0.3) is 0 Å². The highest BCUT2D eigenvalue weighted by molar-refractivity contribution is 5.32. The van der Waals surface area contributed by atoms with Crippen molar-refractivity contribution in [1.82, 2.24) is 9.80 Å². The van der Waals surface area contributed by atoms with Crippen LogP contribution in [0, 0.1) is 23.3 Å². The number of hydrogen-bond acceptors (Lipinski definition) is 2. The largest absolute Gasteiger partial charge is 0.296 e. The lowest BCUT2D eigenvalue weighted by molar-refractivity contribution is 0.104. The summed E-state index contributed by atoms with van der Waals surface area (Å²) in [6, 6.07) is 16.3.